The van der Waals surface area contributed by atoms with Crippen molar-refractivity contribution in [1.29, 1.82) is 0 Å². The molecule has 0 rings (SSSR count). The molecule has 0 saturated carbocycles. The van der Waals surface area contributed by atoms with Gasteiger partial charge in [0.2, 0.25) is 7.59 Å². The van der Waals surface area contributed by atoms with Gasteiger partial charge < -0.3 is 19.8 Å². The first-order valence-electron chi connectivity index (χ1n) is 3.77. The van der Waals surface area contributed by atoms with E-state index in [4.69, 9.17) is 69.6 Å². The van der Waals surface area contributed by atoms with Crippen LogP contribution in [0.1, 0.15) is 0 Å². The number of alkyl halides is 6. The second kappa shape index (κ2) is 11.7. The summed E-state index contributed by atoms with van der Waals surface area (Å²) in [5.74, 6) is -2.78. The molecule has 0 atom stereocenters. The van der Waals surface area contributed by atoms with Crippen LogP contribution in [0.2, 0.25) is 0 Å². The van der Waals surface area contributed by atoms with E-state index >= 15 is 0 Å². The molecule has 0 aromatic rings. The molecule has 0 unspecified atom stereocenters. The van der Waals surface area contributed by atoms with Crippen molar-refractivity contribution >= 4 is 81.5 Å². The van der Waals surface area contributed by atoms with Crippen molar-refractivity contribution in [3.8, 4) is 0 Å². The first-order valence-corrected chi connectivity index (χ1v) is 6.04. The van der Waals surface area contributed by atoms with E-state index in [1.807, 2.05) is 0 Å². The Morgan fingerprint density at radius 2 is 0.947 bits per heavy atom. The number of rotatable bonds is 2. The number of aliphatic carboxylic acids is 2. The second-order valence-corrected chi connectivity index (χ2v) is 7.13. The summed E-state index contributed by atoms with van der Waals surface area (Å²) < 4.78 is -3.31. The molecule has 19 heavy (non-hydrogen) atoms. The normalized spacial score (nSPS) is 11.7. The van der Waals surface area contributed by atoms with Crippen molar-refractivity contribution in [3.63, 3.8) is 0 Å². The van der Waals surface area contributed by atoms with Crippen LogP contribution in [0, 0.1) is 0 Å². The molecular formula is C8H4Cl6HgO4. The minimum Gasteiger partial charge on any atom is -0.545 e. The van der Waals surface area contributed by atoms with Crippen LogP contribution in [-0.4, -0.2) is 19.5 Å². The SMILES string of the molecule is O=C([O-])/C=C/C(Cl)(Cl)Cl.O=C([O-])/C=C/C(Cl)(Cl)Cl.[Hg+2]. The summed E-state index contributed by atoms with van der Waals surface area (Å²) in [5.41, 5.74) is 0. The van der Waals surface area contributed by atoms with E-state index in [9.17, 15) is 19.8 Å². The van der Waals surface area contributed by atoms with Gasteiger partial charge in [-0.05, 0) is 24.3 Å². The quantitative estimate of drug-likeness (QED) is 0.282. The van der Waals surface area contributed by atoms with Gasteiger partial charge in [-0.25, -0.2) is 0 Å². The predicted octanol–water partition coefficient (Wildman–Crippen LogP) is 1.32. The minimum absolute atomic E-state index is 0. The molecule has 0 N–H and O–H groups in total. The zero-order chi connectivity index (χ0) is 15.0. The summed E-state index contributed by atoms with van der Waals surface area (Å²) in [5, 5.41) is 19.3. The maximum Gasteiger partial charge on any atom is 2.00 e. The molecule has 0 radical (unpaired) electrons. The molecule has 0 aliphatic rings. The molecule has 0 aromatic carbocycles. The third kappa shape index (κ3) is 32.5. The van der Waals surface area contributed by atoms with Gasteiger partial charge in [0, 0.05) is 0 Å². The van der Waals surface area contributed by atoms with Crippen molar-refractivity contribution < 1.29 is 47.5 Å². The maximum absolute atomic E-state index is 9.67. The van der Waals surface area contributed by atoms with Crippen LogP contribution in [0.15, 0.2) is 24.3 Å². The van der Waals surface area contributed by atoms with Crippen molar-refractivity contribution in [2.45, 2.75) is 7.59 Å². The summed E-state index contributed by atoms with van der Waals surface area (Å²) in [4.78, 5) is 19.3. The van der Waals surface area contributed by atoms with E-state index in [0.29, 0.717) is 12.2 Å². The van der Waals surface area contributed by atoms with Gasteiger partial charge in [0.05, 0.1) is 11.9 Å². The molecule has 0 bridgehead atoms. The van der Waals surface area contributed by atoms with Gasteiger partial charge in [0.1, 0.15) is 0 Å². The Bertz CT molecular complexity index is 310. The average molecular weight is 577 g/mol. The standard InChI is InChI=1S/2C4H3Cl3O2.Hg/c2*5-4(6,7)2-1-3(8)9;/h2*1-2H,(H,8,9);/q;;+2/p-2/b2*2-1+;. The van der Waals surface area contributed by atoms with Crippen molar-refractivity contribution in [3.05, 3.63) is 24.3 Å². The first kappa shape index (κ1) is 25.1. The van der Waals surface area contributed by atoms with E-state index in [2.05, 4.69) is 0 Å². The van der Waals surface area contributed by atoms with Crippen molar-refractivity contribution in [2.75, 3.05) is 0 Å². The Kier molecular flexibility index (Phi) is 15.5. The average Bonchev–Trinajstić information content (AvgIpc) is 2.10. The van der Waals surface area contributed by atoms with Crippen molar-refractivity contribution in [1.82, 2.24) is 0 Å². The molecule has 0 aliphatic heterocycles. The first-order chi connectivity index (χ1) is 7.83. The number of carboxylic acids is 2. The van der Waals surface area contributed by atoms with Crippen LogP contribution in [0.3, 0.4) is 0 Å². The molecule has 0 heterocycles. The molecule has 0 saturated heterocycles. The minimum atomic E-state index is -1.65. The van der Waals surface area contributed by atoms with Crippen LogP contribution in [0.5, 0.6) is 0 Å². The summed E-state index contributed by atoms with van der Waals surface area (Å²) in [6.45, 7) is 0. The molecule has 0 aliphatic carbocycles. The van der Waals surface area contributed by atoms with E-state index in [1.54, 1.807) is 0 Å². The summed E-state index contributed by atoms with van der Waals surface area (Å²) >= 11 is 30.8. The third-order valence-corrected chi connectivity index (χ3v) is 1.57. The van der Waals surface area contributed by atoms with Crippen LogP contribution in [-0.2, 0) is 37.3 Å². The zero-order valence-corrected chi connectivity index (χ0v) is 19.0. The number of allylic oxidation sites excluding steroid dienone is 2. The molecule has 0 amide bonds. The van der Waals surface area contributed by atoms with Gasteiger partial charge in [-0.3, -0.25) is 0 Å². The van der Waals surface area contributed by atoms with Crippen molar-refractivity contribution in [2.24, 2.45) is 0 Å². The summed E-state index contributed by atoms with van der Waals surface area (Å²) in [7, 11) is 0. The molecule has 0 aromatic heterocycles. The van der Waals surface area contributed by atoms with E-state index in [-0.39, 0.29) is 27.7 Å². The number of hydrogen-bond donors (Lipinski definition) is 0. The third-order valence-electron chi connectivity index (χ3n) is 0.817. The van der Waals surface area contributed by atoms with E-state index in [0.717, 1.165) is 12.2 Å². The Morgan fingerprint density at radius 3 is 1.00 bits per heavy atom. The van der Waals surface area contributed by atoms with Gasteiger partial charge in [0.25, 0.3) is 0 Å². The summed E-state index contributed by atoms with van der Waals surface area (Å²) in [6, 6.07) is 0. The molecule has 0 spiro atoms. The van der Waals surface area contributed by atoms with Gasteiger partial charge in [0.15, 0.2) is 0 Å². The van der Waals surface area contributed by atoms with Crippen LogP contribution >= 0.6 is 69.6 Å². The fourth-order valence-electron chi connectivity index (χ4n) is 0.325. The number of carboxylic acid groups (broad SMARTS) is 2. The van der Waals surface area contributed by atoms with Crippen LogP contribution < -0.4 is 10.2 Å². The van der Waals surface area contributed by atoms with Gasteiger partial charge in [-0.1, -0.05) is 69.6 Å². The monoisotopic (exact) mass is 576 g/mol. The molecular weight excluding hydrogens is 573 g/mol. The fraction of sp³-hybridized carbons (Fsp3) is 0.250. The number of hydrogen-bond acceptors (Lipinski definition) is 4. The predicted molar refractivity (Wildman–Crippen MR) is 68.9 cm³/mol. The van der Waals surface area contributed by atoms with Crippen LogP contribution in [0.25, 0.3) is 0 Å². The Labute approximate surface area is 159 Å². The maximum atomic E-state index is 9.67. The number of carbonyl (C=O) groups is 2. The smallest absolute Gasteiger partial charge is 0.545 e. The molecule has 104 valence electrons. The zero-order valence-electron chi connectivity index (χ0n) is 8.92. The Balaban J connectivity index is -0.000000256. The topological polar surface area (TPSA) is 80.3 Å². The van der Waals surface area contributed by atoms with E-state index < -0.39 is 19.5 Å². The number of halogens is 6. The Hall–Kier alpha value is 1.10. The van der Waals surface area contributed by atoms with Gasteiger partial charge >= 0.3 is 27.7 Å². The fourth-order valence-corrected chi connectivity index (χ4v) is 0.703. The second-order valence-electron chi connectivity index (χ2n) is 2.39. The summed E-state index contributed by atoms with van der Waals surface area (Å²) in [6.07, 6.45) is 3.11. The van der Waals surface area contributed by atoms with Gasteiger partial charge in [-0.15, -0.1) is 0 Å². The molecule has 4 nitrogen and oxygen atoms in total. The van der Waals surface area contributed by atoms with Gasteiger partial charge in [-0.2, -0.15) is 0 Å². The number of carbonyl (C=O) groups excluding carboxylic acids is 2. The Morgan fingerprint density at radius 1 is 0.737 bits per heavy atom. The molecule has 11 heteroatoms. The molecule has 0 fully saturated rings. The largest absolute Gasteiger partial charge is 2.00 e. The van der Waals surface area contributed by atoms with Crippen LogP contribution in [0.4, 0.5) is 0 Å². The van der Waals surface area contributed by atoms with E-state index in [1.165, 1.54) is 0 Å².